The lowest BCUT2D eigenvalue weighted by molar-refractivity contribution is -0.116. The van der Waals surface area contributed by atoms with Crippen LogP contribution in [0.3, 0.4) is 0 Å². The van der Waals surface area contributed by atoms with Crippen LogP contribution >= 0.6 is 0 Å². The van der Waals surface area contributed by atoms with E-state index in [1.807, 2.05) is 60.7 Å². The monoisotopic (exact) mass is 514 g/mol. The normalized spacial score (nSPS) is 13.2. The number of para-hydroxylation sites is 2. The predicted octanol–water partition coefficient (Wildman–Crippen LogP) is 5.47. The molecule has 4 rings (SSSR count). The highest BCUT2D eigenvalue weighted by molar-refractivity contribution is 6.02. The van der Waals surface area contributed by atoms with Gasteiger partial charge in [-0.25, -0.2) is 0 Å². The van der Waals surface area contributed by atoms with Gasteiger partial charge in [0.05, 0.1) is 18.4 Å². The lowest BCUT2D eigenvalue weighted by Crippen LogP contribution is -2.47. The van der Waals surface area contributed by atoms with Crippen molar-refractivity contribution < 1.29 is 14.3 Å². The van der Waals surface area contributed by atoms with E-state index in [0.29, 0.717) is 24.2 Å². The Kier molecular flexibility index (Phi) is 9.62. The van der Waals surface area contributed by atoms with E-state index in [1.54, 1.807) is 13.2 Å². The summed E-state index contributed by atoms with van der Waals surface area (Å²) in [6.45, 7) is 5.70. The largest absolute Gasteiger partial charge is 0.495 e. The SMILES string of the molecule is CCCCCC(=O)Nc1ccc(N2CCN(c3ccccc3OC)CC2)c(C(=O)NCc2ccccc2)c1. The molecule has 0 aliphatic carbocycles. The topological polar surface area (TPSA) is 73.9 Å². The molecule has 0 radical (unpaired) electrons. The first-order valence-electron chi connectivity index (χ1n) is 13.5. The number of nitrogens with one attached hydrogen (secondary N) is 2. The second-order valence-corrected chi connectivity index (χ2v) is 9.55. The summed E-state index contributed by atoms with van der Waals surface area (Å²) in [6, 6.07) is 23.6. The van der Waals surface area contributed by atoms with Gasteiger partial charge in [0.25, 0.3) is 5.91 Å². The number of hydrogen-bond donors (Lipinski definition) is 2. The first-order chi connectivity index (χ1) is 18.6. The molecule has 1 aliphatic rings. The van der Waals surface area contributed by atoms with Crippen LogP contribution in [0.1, 0.15) is 48.5 Å². The van der Waals surface area contributed by atoms with Gasteiger partial charge < -0.3 is 25.2 Å². The third-order valence-corrected chi connectivity index (χ3v) is 6.87. The zero-order valence-electron chi connectivity index (χ0n) is 22.4. The highest BCUT2D eigenvalue weighted by atomic mass is 16.5. The highest BCUT2D eigenvalue weighted by Crippen LogP contribution is 2.31. The fraction of sp³-hybridized carbons (Fsp3) is 0.355. The summed E-state index contributed by atoms with van der Waals surface area (Å²) < 4.78 is 5.56. The van der Waals surface area contributed by atoms with Crippen LogP contribution < -0.4 is 25.2 Å². The molecule has 2 N–H and O–H groups in total. The second-order valence-electron chi connectivity index (χ2n) is 9.55. The van der Waals surface area contributed by atoms with Crippen molar-refractivity contribution in [2.45, 2.75) is 39.2 Å². The molecule has 38 heavy (non-hydrogen) atoms. The van der Waals surface area contributed by atoms with E-state index in [2.05, 4.69) is 33.4 Å². The molecule has 2 amide bonds. The van der Waals surface area contributed by atoms with Crippen molar-refractivity contribution in [2.24, 2.45) is 0 Å². The number of benzene rings is 3. The van der Waals surface area contributed by atoms with Gasteiger partial charge in [-0.2, -0.15) is 0 Å². The molecule has 200 valence electrons. The second kappa shape index (κ2) is 13.5. The number of rotatable bonds is 11. The Balaban J connectivity index is 1.50. The van der Waals surface area contributed by atoms with Crippen LogP contribution in [0, 0.1) is 0 Å². The van der Waals surface area contributed by atoms with Crippen molar-refractivity contribution in [3.8, 4) is 5.75 Å². The zero-order chi connectivity index (χ0) is 26.7. The van der Waals surface area contributed by atoms with Gasteiger partial charge in [-0.3, -0.25) is 9.59 Å². The predicted molar refractivity (Wildman–Crippen MR) is 154 cm³/mol. The smallest absolute Gasteiger partial charge is 0.253 e. The Labute approximate surface area is 225 Å². The van der Waals surface area contributed by atoms with Crippen molar-refractivity contribution in [2.75, 3.05) is 48.4 Å². The van der Waals surface area contributed by atoms with Crippen molar-refractivity contribution in [3.63, 3.8) is 0 Å². The number of nitrogens with zero attached hydrogens (tertiary/aromatic N) is 2. The van der Waals surface area contributed by atoms with E-state index >= 15 is 0 Å². The molecule has 7 heteroatoms. The third kappa shape index (κ3) is 7.06. The number of hydrogen-bond acceptors (Lipinski definition) is 5. The molecule has 0 spiro atoms. The van der Waals surface area contributed by atoms with Gasteiger partial charge in [-0.15, -0.1) is 0 Å². The lowest BCUT2D eigenvalue weighted by atomic mass is 10.1. The number of carbonyl (C=O) groups is 2. The van der Waals surface area contributed by atoms with Crippen molar-refractivity contribution in [3.05, 3.63) is 83.9 Å². The van der Waals surface area contributed by atoms with Crippen LogP contribution in [0.25, 0.3) is 0 Å². The van der Waals surface area contributed by atoms with Gasteiger partial charge in [0.15, 0.2) is 0 Å². The lowest BCUT2D eigenvalue weighted by Gasteiger charge is -2.38. The van der Waals surface area contributed by atoms with Crippen LogP contribution in [0.5, 0.6) is 5.75 Å². The van der Waals surface area contributed by atoms with E-state index in [0.717, 1.165) is 68.1 Å². The Hall–Kier alpha value is -4.00. The van der Waals surface area contributed by atoms with Crippen LogP contribution in [-0.2, 0) is 11.3 Å². The Morgan fingerprint density at radius 3 is 2.24 bits per heavy atom. The fourth-order valence-electron chi connectivity index (χ4n) is 4.78. The first-order valence-corrected chi connectivity index (χ1v) is 13.5. The molecule has 0 saturated carbocycles. The molecule has 3 aromatic carbocycles. The first kappa shape index (κ1) is 27.0. The van der Waals surface area contributed by atoms with E-state index in [-0.39, 0.29) is 11.8 Å². The Bertz CT molecular complexity index is 1210. The maximum atomic E-state index is 13.4. The van der Waals surface area contributed by atoms with Crippen molar-refractivity contribution in [1.29, 1.82) is 0 Å². The third-order valence-electron chi connectivity index (χ3n) is 6.87. The summed E-state index contributed by atoms with van der Waals surface area (Å²) in [7, 11) is 1.69. The number of unbranched alkanes of at least 4 members (excludes halogenated alkanes) is 2. The fourth-order valence-corrected chi connectivity index (χ4v) is 4.78. The summed E-state index contributed by atoms with van der Waals surface area (Å²) in [5, 5.41) is 6.04. The van der Waals surface area contributed by atoms with Crippen LogP contribution in [-0.4, -0.2) is 45.1 Å². The minimum absolute atomic E-state index is 0.0210. The molecule has 0 bridgehead atoms. The summed E-state index contributed by atoms with van der Waals surface area (Å²) in [4.78, 5) is 30.4. The van der Waals surface area contributed by atoms with Crippen LogP contribution in [0.4, 0.5) is 17.1 Å². The van der Waals surface area contributed by atoms with E-state index in [9.17, 15) is 9.59 Å². The van der Waals surface area contributed by atoms with Crippen LogP contribution in [0.2, 0.25) is 0 Å². The van der Waals surface area contributed by atoms with Gasteiger partial charge in [-0.05, 0) is 42.3 Å². The molecular weight excluding hydrogens is 476 g/mol. The van der Waals surface area contributed by atoms with Gasteiger partial charge in [0.1, 0.15) is 5.75 Å². The molecule has 7 nitrogen and oxygen atoms in total. The summed E-state index contributed by atoms with van der Waals surface area (Å²) >= 11 is 0. The molecule has 0 atom stereocenters. The van der Waals surface area contributed by atoms with E-state index in [4.69, 9.17) is 4.74 Å². The number of methoxy groups -OCH3 is 1. The minimum atomic E-state index is -0.155. The number of amides is 2. The summed E-state index contributed by atoms with van der Waals surface area (Å²) in [5.41, 5.74) is 4.20. The Morgan fingerprint density at radius 1 is 0.842 bits per heavy atom. The molecule has 0 unspecified atom stereocenters. The molecule has 0 aromatic heterocycles. The average Bonchev–Trinajstić information content (AvgIpc) is 2.96. The standard InChI is InChI=1S/C31H38N4O3/c1-3-4-6-15-30(36)33-25-16-17-27(26(22-25)31(37)32-23-24-11-7-5-8-12-24)34-18-20-35(21-19-34)28-13-9-10-14-29(28)38-2/h5,7-14,16-17,22H,3-4,6,15,18-21,23H2,1-2H3,(H,32,37)(H,33,36). The zero-order valence-corrected chi connectivity index (χ0v) is 22.4. The average molecular weight is 515 g/mol. The maximum absolute atomic E-state index is 13.4. The van der Waals surface area contributed by atoms with Crippen molar-refractivity contribution >= 4 is 28.9 Å². The molecule has 3 aromatic rings. The number of ether oxygens (including phenoxy) is 1. The highest BCUT2D eigenvalue weighted by Gasteiger charge is 2.24. The quantitative estimate of drug-likeness (QED) is 0.332. The maximum Gasteiger partial charge on any atom is 0.253 e. The van der Waals surface area contributed by atoms with E-state index in [1.165, 1.54) is 0 Å². The number of carbonyl (C=O) groups excluding carboxylic acids is 2. The van der Waals surface area contributed by atoms with E-state index < -0.39 is 0 Å². The van der Waals surface area contributed by atoms with Gasteiger partial charge in [0, 0.05) is 50.5 Å². The van der Waals surface area contributed by atoms with Gasteiger partial charge in [-0.1, -0.05) is 62.2 Å². The Morgan fingerprint density at radius 2 is 1.53 bits per heavy atom. The molecule has 1 saturated heterocycles. The summed E-state index contributed by atoms with van der Waals surface area (Å²) in [6.07, 6.45) is 3.44. The van der Waals surface area contributed by atoms with Gasteiger partial charge in [0.2, 0.25) is 5.91 Å². The van der Waals surface area contributed by atoms with Crippen molar-refractivity contribution in [1.82, 2.24) is 5.32 Å². The summed E-state index contributed by atoms with van der Waals surface area (Å²) in [5.74, 6) is 0.686. The van der Waals surface area contributed by atoms with Crippen LogP contribution in [0.15, 0.2) is 72.8 Å². The molecule has 1 aliphatic heterocycles. The molecule has 1 heterocycles. The molecule has 1 fully saturated rings. The number of piperazine rings is 1. The number of anilines is 3. The molecular formula is C31H38N4O3. The van der Waals surface area contributed by atoms with Gasteiger partial charge >= 0.3 is 0 Å². The minimum Gasteiger partial charge on any atom is -0.495 e.